The average molecular weight is 438 g/mol. The largest absolute Gasteiger partial charge is 0.497 e. The Kier molecular flexibility index (Phi) is 5.99. The third-order valence-electron chi connectivity index (χ3n) is 4.80. The predicted octanol–water partition coefficient (Wildman–Crippen LogP) is 3.50. The van der Waals surface area contributed by atoms with Gasteiger partial charge >= 0.3 is 5.56 Å². The molecule has 1 amide bonds. The van der Waals surface area contributed by atoms with Gasteiger partial charge in [-0.05, 0) is 42.8 Å². The number of methoxy groups -OCH3 is 1. The molecule has 0 saturated heterocycles. The molecule has 9 heteroatoms. The molecule has 0 aliphatic heterocycles. The van der Waals surface area contributed by atoms with Crippen molar-refractivity contribution in [1.82, 2.24) is 19.2 Å². The summed E-state index contributed by atoms with van der Waals surface area (Å²) in [5.74, 6) is 1.20. The van der Waals surface area contributed by atoms with Crippen LogP contribution >= 0.6 is 11.6 Å². The number of aromatic nitrogens is 4. The van der Waals surface area contributed by atoms with Gasteiger partial charge in [-0.3, -0.25) is 18.6 Å². The standard InChI is InChI=1S/C22H20ClN5O3/c1-31-18-5-2-4-16(14-18)24-20(29)7-3-6-19-25-26-21-22(30)27(12-13-28(19)21)17-10-8-15(23)9-11-17/h2,4-5,8-14H,3,6-7H2,1H3,(H,24,29). The molecule has 0 spiro atoms. The summed E-state index contributed by atoms with van der Waals surface area (Å²) in [5, 5.41) is 11.6. The van der Waals surface area contributed by atoms with Crippen LogP contribution in [0.2, 0.25) is 5.02 Å². The maximum Gasteiger partial charge on any atom is 0.300 e. The van der Waals surface area contributed by atoms with Gasteiger partial charge in [0.25, 0.3) is 0 Å². The van der Waals surface area contributed by atoms with Gasteiger partial charge in [0, 0.05) is 47.7 Å². The number of rotatable bonds is 7. The Balaban J connectivity index is 1.42. The van der Waals surface area contributed by atoms with Crippen molar-refractivity contribution < 1.29 is 9.53 Å². The van der Waals surface area contributed by atoms with Gasteiger partial charge in [-0.25, -0.2) is 0 Å². The lowest BCUT2D eigenvalue weighted by Gasteiger charge is -2.07. The van der Waals surface area contributed by atoms with E-state index in [2.05, 4.69) is 15.5 Å². The predicted molar refractivity (Wildman–Crippen MR) is 118 cm³/mol. The molecule has 0 fully saturated rings. The monoisotopic (exact) mass is 437 g/mol. The van der Waals surface area contributed by atoms with Crippen molar-refractivity contribution in [2.24, 2.45) is 0 Å². The fraction of sp³-hybridized carbons (Fsp3) is 0.182. The lowest BCUT2D eigenvalue weighted by atomic mass is 10.2. The summed E-state index contributed by atoms with van der Waals surface area (Å²) in [4.78, 5) is 25.0. The number of hydrogen-bond donors (Lipinski definition) is 1. The number of benzene rings is 2. The minimum absolute atomic E-state index is 0.104. The van der Waals surface area contributed by atoms with Gasteiger partial charge in [-0.1, -0.05) is 17.7 Å². The Bertz CT molecular complexity index is 1280. The van der Waals surface area contributed by atoms with Crippen LogP contribution < -0.4 is 15.6 Å². The highest BCUT2D eigenvalue weighted by Gasteiger charge is 2.12. The van der Waals surface area contributed by atoms with Crippen molar-refractivity contribution in [3.63, 3.8) is 0 Å². The highest BCUT2D eigenvalue weighted by Crippen LogP contribution is 2.17. The van der Waals surface area contributed by atoms with Crippen molar-refractivity contribution in [2.75, 3.05) is 12.4 Å². The molecule has 0 saturated carbocycles. The maximum atomic E-state index is 12.8. The molecule has 0 bridgehead atoms. The Morgan fingerprint density at radius 1 is 1.13 bits per heavy atom. The highest BCUT2D eigenvalue weighted by molar-refractivity contribution is 6.30. The van der Waals surface area contributed by atoms with Crippen molar-refractivity contribution >= 4 is 28.8 Å². The molecule has 1 N–H and O–H groups in total. The van der Waals surface area contributed by atoms with Crippen LogP contribution in [-0.4, -0.2) is 32.2 Å². The van der Waals surface area contributed by atoms with Crippen LogP contribution in [-0.2, 0) is 11.2 Å². The summed E-state index contributed by atoms with van der Waals surface area (Å²) in [6, 6.07) is 14.2. The topological polar surface area (TPSA) is 90.5 Å². The van der Waals surface area contributed by atoms with Crippen molar-refractivity contribution in [1.29, 1.82) is 0 Å². The van der Waals surface area contributed by atoms with E-state index in [-0.39, 0.29) is 17.1 Å². The van der Waals surface area contributed by atoms with Gasteiger partial charge in [-0.2, -0.15) is 0 Å². The SMILES string of the molecule is COc1cccc(NC(=O)CCCc2nnc3c(=O)n(-c4ccc(Cl)cc4)ccn23)c1. The molecule has 0 atom stereocenters. The minimum Gasteiger partial charge on any atom is -0.497 e. The first-order valence-electron chi connectivity index (χ1n) is 9.70. The lowest BCUT2D eigenvalue weighted by molar-refractivity contribution is -0.116. The molecule has 2 heterocycles. The summed E-state index contributed by atoms with van der Waals surface area (Å²) < 4.78 is 8.31. The maximum absolute atomic E-state index is 12.8. The molecule has 0 radical (unpaired) electrons. The first-order chi connectivity index (χ1) is 15.0. The van der Waals surface area contributed by atoms with Crippen molar-refractivity contribution in [2.45, 2.75) is 19.3 Å². The number of fused-ring (bicyclic) bond motifs is 1. The molecule has 0 aliphatic rings. The van der Waals surface area contributed by atoms with Crippen LogP contribution in [0.1, 0.15) is 18.7 Å². The zero-order valence-electron chi connectivity index (χ0n) is 16.8. The third kappa shape index (κ3) is 4.59. The second kappa shape index (κ2) is 9.01. The molecule has 158 valence electrons. The third-order valence-corrected chi connectivity index (χ3v) is 5.06. The molecule has 2 aromatic carbocycles. The van der Waals surface area contributed by atoms with E-state index in [1.54, 1.807) is 60.3 Å². The Labute approximate surface area is 183 Å². The van der Waals surface area contributed by atoms with Crippen LogP contribution in [0, 0.1) is 0 Å². The molecule has 4 aromatic rings. The molecular weight excluding hydrogens is 418 g/mol. The van der Waals surface area contributed by atoms with E-state index in [1.165, 1.54) is 4.57 Å². The van der Waals surface area contributed by atoms with E-state index >= 15 is 0 Å². The van der Waals surface area contributed by atoms with E-state index in [1.807, 2.05) is 12.1 Å². The number of halogens is 1. The molecule has 31 heavy (non-hydrogen) atoms. The molecule has 4 rings (SSSR count). The number of nitrogens with zero attached hydrogens (tertiary/aromatic N) is 4. The number of hydrogen-bond acceptors (Lipinski definition) is 5. The van der Waals surface area contributed by atoms with E-state index in [0.717, 1.165) is 0 Å². The second-order valence-electron chi connectivity index (χ2n) is 6.89. The van der Waals surface area contributed by atoms with Crippen molar-refractivity contribution in [3.8, 4) is 11.4 Å². The van der Waals surface area contributed by atoms with E-state index in [0.29, 0.717) is 47.2 Å². The molecule has 2 aromatic heterocycles. The number of anilines is 1. The summed E-state index contributed by atoms with van der Waals surface area (Å²) in [6.45, 7) is 0. The number of ether oxygens (including phenoxy) is 1. The van der Waals surface area contributed by atoms with Gasteiger partial charge in [-0.15, -0.1) is 10.2 Å². The van der Waals surface area contributed by atoms with E-state index in [9.17, 15) is 9.59 Å². The summed E-state index contributed by atoms with van der Waals surface area (Å²) in [6.07, 6.45) is 4.81. The Morgan fingerprint density at radius 3 is 2.71 bits per heavy atom. The van der Waals surface area contributed by atoms with Gasteiger partial charge < -0.3 is 10.1 Å². The quantitative estimate of drug-likeness (QED) is 0.478. The Morgan fingerprint density at radius 2 is 1.94 bits per heavy atom. The fourth-order valence-corrected chi connectivity index (χ4v) is 3.37. The van der Waals surface area contributed by atoms with Crippen LogP contribution in [0.4, 0.5) is 5.69 Å². The lowest BCUT2D eigenvalue weighted by Crippen LogP contribution is -2.20. The van der Waals surface area contributed by atoms with Gasteiger partial charge in [0.15, 0.2) is 0 Å². The number of carbonyl (C=O) groups excluding carboxylic acids is 1. The molecule has 8 nitrogen and oxygen atoms in total. The number of nitrogens with one attached hydrogen (secondary N) is 1. The normalized spacial score (nSPS) is 10.9. The molecule has 0 aliphatic carbocycles. The summed E-state index contributed by atoms with van der Waals surface area (Å²) in [5.41, 5.74) is 1.32. The second-order valence-corrected chi connectivity index (χ2v) is 7.33. The van der Waals surface area contributed by atoms with E-state index < -0.39 is 0 Å². The Hall–Kier alpha value is -3.65. The number of carbonyl (C=O) groups is 1. The zero-order valence-corrected chi connectivity index (χ0v) is 17.5. The first-order valence-corrected chi connectivity index (χ1v) is 10.1. The molecular formula is C22H20ClN5O3. The number of amides is 1. The highest BCUT2D eigenvalue weighted by atomic mass is 35.5. The summed E-state index contributed by atoms with van der Waals surface area (Å²) in [7, 11) is 1.58. The van der Waals surface area contributed by atoms with Gasteiger partial charge in [0.1, 0.15) is 11.6 Å². The smallest absolute Gasteiger partial charge is 0.300 e. The van der Waals surface area contributed by atoms with Gasteiger partial charge in [0.05, 0.1) is 7.11 Å². The fourth-order valence-electron chi connectivity index (χ4n) is 3.24. The average Bonchev–Trinajstić information content (AvgIpc) is 3.19. The number of aryl methyl sites for hydroxylation is 1. The minimum atomic E-state index is -0.278. The van der Waals surface area contributed by atoms with E-state index in [4.69, 9.17) is 16.3 Å². The van der Waals surface area contributed by atoms with Crippen molar-refractivity contribution in [3.05, 3.63) is 82.1 Å². The first kappa shape index (κ1) is 20.6. The van der Waals surface area contributed by atoms with Crippen LogP contribution in [0.3, 0.4) is 0 Å². The van der Waals surface area contributed by atoms with Crippen LogP contribution in [0.15, 0.2) is 65.7 Å². The van der Waals surface area contributed by atoms with Crippen LogP contribution in [0.5, 0.6) is 5.75 Å². The van der Waals surface area contributed by atoms with Crippen LogP contribution in [0.25, 0.3) is 11.3 Å². The summed E-state index contributed by atoms with van der Waals surface area (Å²) >= 11 is 5.92. The zero-order chi connectivity index (χ0) is 21.8. The van der Waals surface area contributed by atoms with Gasteiger partial charge in [0.2, 0.25) is 11.6 Å². The molecule has 0 unspecified atom stereocenters.